The van der Waals surface area contributed by atoms with E-state index in [1.165, 1.54) is 19.3 Å². The van der Waals surface area contributed by atoms with Gasteiger partial charge in [0.1, 0.15) is 11.6 Å². The molecule has 0 atom stereocenters. The van der Waals surface area contributed by atoms with Crippen LogP contribution >= 0.6 is 0 Å². The summed E-state index contributed by atoms with van der Waals surface area (Å²) in [5, 5.41) is 0. The van der Waals surface area contributed by atoms with Crippen LogP contribution in [-0.2, 0) is 9.59 Å². The zero-order valence-electron chi connectivity index (χ0n) is 14.0. The molecule has 0 aliphatic rings. The molecule has 2 heteroatoms. The van der Waals surface area contributed by atoms with E-state index >= 15 is 0 Å². The molecule has 0 amide bonds. The van der Waals surface area contributed by atoms with Gasteiger partial charge in [-0.2, -0.15) is 0 Å². The van der Waals surface area contributed by atoms with Gasteiger partial charge < -0.3 is 0 Å². The van der Waals surface area contributed by atoms with Crippen LogP contribution in [0.3, 0.4) is 0 Å². The Morgan fingerprint density at radius 1 is 0.700 bits per heavy atom. The summed E-state index contributed by atoms with van der Waals surface area (Å²) < 4.78 is 0. The van der Waals surface area contributed by atoms with Crippen molar-refractivity contribution >= 4 is 11.6 Å². The van der Waals surface area contributed by atoms with E-state index in [9.17, 15) is 9.59 Å². The molecule has 0 N–H and O–H groups in total. The first-order valence-corrected chi connectivity index (χ1v) is 8.48. The van der Waals surface area contributed by atoms with Gasteiger partial charge in [0.05, 0.1) is 0 Å². The molecule has 0 aromatic carbocycles. The fourth-order valence-electron chi connectivity index (χ4n) is 2.26. The molecule has 0 fully saturated rings. The Hall–Kier alpha value is -0.660. The molecule has 2 nitrogen and oxygen atoms in total. The predicted octanol–water partition coefficient (Wildman–Crippen LogP) is 5.34. The first-order chi connectivity index (χ1) is 9.43. The molecule has 0 rings (SSSR count). The first-order valence-electron chi connectivity index (χ1n) is 8.48. The molecular formula is C18H34O2. The van der Waals surface area contributed by atoms with E-state index in [4.69, 9.17) is 0 Å². The monoisotopic (exact) mass is 282 g/mol. The predicted molar refractivity (Wildman–Crippen MR) is 85.9 cm³/mol. The van der Waals surface area contributed by atoms with Crippen molar-refractivity contribution in [2.75, 3.05) is 0 Å². The summed E-state index contributed by atoms with van der Waals surface area (Å²) >= 11 is 0. The molecule has 20 heavy (non-hydrogen) atoms. The Balaban J connectivity index is 3.35. The molecule has 0 saturated carbocycles. The summed E-state index contributed by atoms with van der Waals surface area (Å²) in [5.74, 6) is 1.69. The number of Topliss-reactive ketones (excluding diaryl/α,β-unsaturated/α-hetero) is 2. The van der Waals surface area contributed by atoms with Gasteiger partial charge in [0.25, 0.3) is 0 Å². The summed E-state index contributed by atoms with van der Waals surface area (Å²) in [4.78, 5) is 23.1. The van der Waals surface area contributed by atoms with Gasteiger partial charge in [0.2, 0.25) is 0 Å². The minimum atomic E-state index is 0.155. The molecule has 118 valence electrons. The highest BCUT2D eigenvalue weighted by molar-refractivity contribution is 5.80. The molecule has 0 radical (unpaired) electrons. The van der Waals surface area contributed by atoms with Crippen LogP contribution in [0.4, 0.5) is 0 Å². The maximum Gasteiger partial charge on any atom is 0.135 e. The van der Waals surface area contributed by atoms with Crippen molar-refractivity contribution in [1.82, 2.24) is 0 Å². The summed E-state index contributed by atoms with van der Waals surface area (Å²) in [6, 6.07) is 0. The van der Waals surface area contributed by atoms with Crippen molar-refractivity contribution in [1.29, 1.82) is 0 Å². The van der Waals surface area contributed by atoms with Gasteiger partial charge >= 0.3 is 0 Å². The number of unbranched alkanes of at least 4 members (excludes halogenated alkanes) is 4. The number of rotatable bonds is 13. The second-order valence-electron chi connectivity index (χ2n) is 6.71. The Labute approximate surface area is 125 Å². The summed E-state index contributed by atoms with van der Waals surface area (Å²) in [5.41, 5.74) is 0. The lowest BCUT2D eigenvalue weighted by molar-refractivity contribution is -0.122. The molecule has 0 aliphatic carbocycles. The summed E-state index contributed by atoms with van der Waals surface area (Å²) in [6.07, 6.45) is 9.82. The molecule has 0 aromatic heterocycles. The highest BCUT2D eigenvalue weighted by Crippen LogP contribution is 2.12. The minimum absolute atomic E-state index is 0.155. The second-order valence-corrected chi connectivity index (χ2v) is 6.71. The molecule has 0 heterocycles. The van der Waals surface area contributed by atoms with E-state index in [0.717, 1.165) is 38.0 Å². The number of carbonyl (C=O) groups is 2. The molecule has 0 unspecified atom stereocenters. The Kier molecular flexibility index (Phi) is 11.7. The average Bonchev–Trinajstić information content (AvgIpc) is 2.37. The number of hydrogen-bond donors (Lipinski definition) is 0. The van der Waals surface area contributed by atoms with E-state index in [2.05, 4.69) is 13.8 Å². The average molecular weight is 282 g/mol. The van der Waals surface area contributed by atoms with Crippen LogP contribution in [0.5, 0.6) is 0 Å². The van der Waals surface area contributed by atoms with Crippen LogP contribution in [-0.4, -0.2) is 11.6 Å². The third-order valence-electron chi connectivity index (χ3n) is 3.76. The van der Waals surface area contributed by atoms with E-state index < -0.39 is 0 Å². The standard InChI is InChI=1S/C18H34O2/c1-15(2)11-7-5-8-12-17(19)13-9-6-10-14-18(20)16(3)4/h15-16H,5-14H2,1-4H3. The molecule has 0 aromatic rings. The van der Waals surface area contributed by atoms with Crippen LogP contribution in [0.15, 0.2) is 0 Å². The maximum atomic E-state index is 11.7. The molecule has 0 spiro atoms. The quantitative estimate of drug-likeness (QED) is 0.427. The van der Waals surface area contributed by atoms with Crippen molar-refractivity contribution < 1.29 is 9.59 Å². The van der Waals surface area contributed by atoms with Gasteiger partial charge in [-0.25, -0.2) is 0 Å². The van der Waals surface area contributed by atoms with Crippen molar-refractivity contribution in [3.63, 3.8) is 0 Å². The molecule has 0 aliphatic heterocycles. The van der Waals surface area contributed by atoms with Gasteiger partial charge in [-0.1, -0.05) is 53.4 Å². The Morgan fingerprint density at radius 2 is 1.20 bits per heavy atom. The third kappa shape index (κ3) is 12.4. The van der Waals surface area contributed by atoms with Crippen LogP contribution < -0.4 is 0 Å². The number of hydrogen-bond acceptors (Lipinski definition) is 2. The van der Waals surface area contributed by atoms with Crippen molar-refractivity contribution in [2.24, 2.45) is 11.8 Å². The zero-order valence-corrected chi connectivity index (χ0v) is 14.0. The van der Waals surface area contributed by atoms with Crippen molar-refractivity contribution in [3.8, 4) is 0 Å². The Morgan fingerprint density at radius 3 is 1.70 bits per heavy atom. The molecule has 0 saturated heterocycles. The lowest BCUT2D eigenvalue weighted by Crippen LogP contribution is -2.06. The van der Waals surface area contributed by atoms with E-state index in [1.54, 1.807) is 0 Å². The zero-order chi connectivity index (χ0) is 15.4. The number of ketones is 2. The second kappa shape index (κ2) is 12.1. The van der Waals surface area contributed by atoms with Gasteiger partial charge in [-0.15, -0.1) is 0 Å². The Bertz CT molecular complexity index is 267. The third-order valence-corrected chi connectivity index (χ3v) is 3.76. The highest BCUT2D eigenvalue weighted by Gasteiger charge is 2.07. The van der Waals surface area contributed by atoms with Crippen LogP contribution in [0.25, 0.3) is 0 Å². The fourth-order valence-corrected chi connectivity index (χ4v) is 2.26. The minimum Gasteiger partial charge on any atom is -0.300 e. The lowest BCUT2D eigenvalue weighted by atomic mass is 10.00. The van der Waals surface area contributed by atoms with Crippen molar-refractivity contribution in [2.45, 2.75) is 91.9 Å². The topological polar surface area (TPSA) is 34.1 Å². The maximum absolute atomic E-state index is 11.7. The SMILES string of the molecule is CC(C)CCCCCC(=O)CCCCCC(=O)C(C)C. The normalized spacial score (nSPS) is 11.3. The smallest absolute Gasteiger partial charge is 0.135 e. The molecule has 0 bridgehead atoms. The van der Waals surface area contributed by atoms with Gasteiger partial charge in [0.15, 0.2) is 0 Å². The van der Waals surface area contributed by atoms with Crippen LogP contribution in [0.2, 0.25) is 0 Å². The van der Waals surface area contributed by atoms with Crippen LogP contribution in [0, 0.1) is 11.8 Å². The highest BCUT2D eigenvalue weighted by atomic mass is 16.1. The first kappa shape index (κ1) is 19.3. The van der Waals surface area contributed by atoms with Gasteiger partial charge in [-0.05, 0) is 25.2 Å². The molecular weight excluding hydrogens is 248 g/mol. The summed E-state index contributed by atoms with van der Waals surface area (Å²) in [6.45, 7) is 8.39. The van der Waals surface area contributed by atoms with E-state index in [0.29, 0.717) is 24.4 Å². The van der Waals surface area contributed by atoms with Crippen molar-refractivity contribution in [3.05, 3.63) is 0 Å². The van der Waals surface area contributed by atoms with Gasteiger partial charge in [0, 0.05) is 25.2 Å². The van der Waals surface area contributed by atoms with E-state index in [1.807, 2.05) is 13.8 Å². The summed E-state index contributed by atoms with van der Waals surface area (Å²) in [7, 11) is 0. The lowest BCUT2D eigenvalue weighted by Gasteiger charge is -2.05. The largest absolute Gasteiger partial charge is 0.300 e. The van der Waals surface area contributed by atoms with Gasteiger partial charge in [-0.3, -0.25) is 9.59 Å². The van der Waals surface area contributed by atoms with E-state index in [-0.39, 0.29) is 5.92 Å². The number of carbonyl (C=O) groups excluding carboxylic acids is 2. The van der Waals surface area contributed by atoms with Crippen LogP contribution in [0.1, 0.15) is 91.9 Å². The fraction of sp³-hybridized carbons (Fsp3) is 0.889.